The normalized spacial score (nSPS) is 21.5. The zero-order chi connectivity index (χ0) is 16.8. The summed E-state index contributed by atoms with van der Waals surface area (Å²) in [6.45, 7) is 3.91. The Bertz CT molecular complexity index is 544. The molecule has 0 amide bonds. The summed E-state index contributed by atoms with van der Waals surface area (Å²) in [5, 5.41) is 0. The van der Waals surface area contributed by atoms with Crippen LogP contribution < -0.4 is 10.5 Å². The molecule has 3 rings (SSSR count). The van der Waals surface area contributed by atoms with Crippen LogP contribution in [0.5, 0.6) is 5.75 Å². The highest BCUT2D eigenvalue weighted by Crippen LogP contribution is 2.40. The van der Waals surface area contributed by atoms with Crippen molar-refractivity contribution in [2.24, 2.45) is 10.7 Å². The Hall–Kier alpha value is -1.75. The molecular formula is C19H29N3O2. The summed E-state index contributed by atoms with van der Waals surface area (Å²) in [5.41, 5.74) is 7.72. The maximum atomic E-state index is 6.25. The standard InChI is InChI=1S/C19H29N3O2/c1-23-17-7-5-16(6-8-17)19(9-3-2-4-10-19)15-21-18(20)22-11-13-24-14-12-22/h5-8H,2-4,9-15H2,1H3,(H2,20,21). The second-order valence-corrected chi connectivity index (χ2v) is 6.84. The fourth-order valence-electron chi connectivity index (χ4n) is 3.84. The number of rotatable bonds is 4. The summed E-state index contributed by atoms with van der Waals surface area (Å²) in [6, 6.07) is 8.51. The molecule has 1 heterocycles. The van der Waals surface area contributed by atoms with Crippen molar-refractivity contribution < 1.29 is 9.47 Å². The Morgan fingerprint density at radius 2 is 1.83 bits per heavy atom. The first-order valence-corrected chi connectivity index (χ1v) is 9.01. The van der Waals surface area contributed by atoms with Crippen LogP contribution in [0.4, 0.5) is 0 Å². The largest absolute Gasteiger partial charge is 0.497 e. The number of benzene rings is 1. The van der Waals surface area contributed by atoms with Crippen LogP contribution in [0.1, 0.15) is 37.7 Å². The maximum Gasteiger partial charge on any atom is 0.191 e. The van der Waals surface area contributed by atoms with Gasteiger partial charge in [-0.25, -0.2) is 0 Å². The molecule has 132 valence electrons. The van der Waals surface area contributed by atoms with E-state index in [1.165, 1.54) is 37.7 Å². The topological polar surface area (TPSA) is 60.1 Å². The second-order valence-electron chi connectivity index (χ2n) is 6.84. The van der Waals surface area contributed by atoms with Crippen molar-refractivity contribution in [2.45, 2.75) is 37.5 Å². The Kier molecular flexibility index (Phi) is 5.61. The second kappa shape index (κ2) is 7.88. The fourth-order valence-corrected chi connectivity index (χ4v) is 3.84. The number of morpholine rings is 1. The summed E-state index contributed by atoms with van der Waals surface area (Å²) < 4.78 is 10.7. The predicted molar refractivity (Wildman–Crippen MR) is 96.6 cm³/mol. The van der Waals surface area contributed by atoms with Gasteiger partial charge in [0.15, 0.2) is 5.96 Å². The highest BCUT2D eigenvalue weighted by molar-refractivity contribution is 5.78. The predicted octanol–water partition coefficient (Wildman–Crippen LogP) is 2.54. The van der Waals surface area contributed by atoms with Crippen LogP contribution in [0.3, 0.4) is 0 Å². The minimum Gasteiger partial charge on any atom is -0.497 e. The van der Waals surface area contributed by atoms with Crippen molar-refractivity contribution in [3.63, 3.8) is 0 Å². The molecule has 1 saturated heterocycles. The zero-order valence-corrected chi connectivity index (χ0v) is 14.7. The zero-order valence-electron chi connectivity index (χ0n) is 14.7. The third kappa shape index (κ3) is 3.83. The fraction of sp³-hybridized carbons (Fsp3) is 0.632. The number of nitrogens with zero attached hydrogens (tertiary/aromatic N) is 2. The van der Waals surface area contributed by atoms with Gasteiger partial charge in [-0.3, -0.25) is 4.99 Å². The van der Waals surface area contributed by atoms with Crippen molar-refractivity contribution in [1.82, 2.24) is 4.90 Å². The highest BCUT2D eigenvalue weighted by atomic mass is 16.5. The molecule has 1 aliphatic heterocycles. The van der Waals surface area contributed by atoms with E-state index in [4.69, 9.17) is 20.2 Å². The van der Waals surface area contributed by atoms with Crippen molar-refractivity contribution in [3.8, 4) is 5.75 Å². The molecule has 0 atom stereocenters. The molecule has 5 heteroatoms. The Morgan fingerprint density at radius 1 is 1.17 bits per heavy atom. The van der Waals surface area contributed by atoms with Crippen molar-refractivity contribution >= 4 is 5.96 Å². The molecule has 1 aliphatic carbocycles. The molecule has 0 bridgehead atoms. The van der Waals surface area contributed by atoms with E-state index in [0.29, 0.717) is 5.96 Å². The van der Waals surface area contributed by atoms with Crippen LogP contribution in [0.25, 0.3) is 0 Å². The van der Waals surface area contributed by atoms with Crippen molar-refractivity contribution in [1.29, 1.82) is 0 Å². The quantitative estimate of drug-likeness (QED) is 0.680. The highest BCUT2D eigenvalue weighted by Gasteiger charge is 2.34. The van der Waals surface area contributed by atoms with Gasteiger partial charge in [0, 0.05) is 18.5 Å². The molecule has 0 aromatic heterocycles. The van der Waals surface area contributed by atoms with E-state index in [1.54, 1.807) is 7.11 Å². The maximum absolute atomic E-state index is 6.25. The first kappa shape index (κ1) is 17.1. The van der Waals surface area contributed by atoms with Crippen LogP contribution >= 0.6 is 0 Å². The van der Waals surface area contributed by atoms with Gasteiger partial charge in [0.25, 0.3) is 0 Å². The number of ether oxygens (including phenoxy) is 2. The molecule has 1 saturated carbocycles. The Balaban J connectivity index is 1.77. The molecule has 0 radical (unpaired) electrons. The number of hydrogen-bond donors (Lipinski definition) is 1. The number of guanidine groups is 1. The minimum absolute atomic E-state index is 0.113. The van der Waals surface area contributed by atoms with E-state index < -0.39 is 0 Å². The average Bonchev–Trinajstić information content (AvgIpc) is 2.67. The third-order valence-electron chi connectivity index (χ3n) is 5.39. The minimum atomic E-state index is 0.113. The summed E-state index contributed by atoms with van der Waals surface area (Å²) in [4.78, 5) is 6.93. The van der Waals surface area contributed by atoms with Gasteiger partial charge in [0.05, 0.1) is 26.9 Å². The summed E-state index contributed by atoms with van der Waals surface area (Å²) in [5.74, 6) is 1.57. The van der Waals surface area contributed by atoms with Crippen LogP contribution in [-0.4, -0.2) is 50.8 Å². The van der Waals surface area contributed by atoms with E-state index in [0.717, 1.165) is 38.6 Å². The van der Waals surface area contributed by atoms with Gasteiger partial charge >= 0.3 is 0 Å². The van der Waals surface area contributed by atoms with Gasteiger partial charge in [0.2, 0.25) is 0 Å². The molecule has 0 spiro atoms. The number of aliphatic imine (C=N–C) groups is 1. The lowest BCUT2D eigenvalue weighted by atomic mass is 9.69. The van der Waals surface area contributed by atoms with Gasteiger partial charge in [0.1, 0.15) is 5.75 Å². The van der Waals surface area contributed by atoms with Crippen LogP contribution in [0, 0.1) is 0 Å². The summed E-state index contributed by atoms with van der Waals surface area (Å²) in [7, 11) is 1.71. The van der Waals surface area contributed by atoms with Gasteiger partial charge in [-0.1, -0.05) is 31.4 Å². The molecule has 2 N–H and O–H groups in total. The number of methoxy groups -OCH3 is 1. The Morgan fingerprint density at radius 3 is 2.46 bits per heavy atom. The first-order valence-electron chi connectivity index (χ1n) is 9.01. The number of nitrogens with two attached hydrogens (primary N) is 1. The molecule has 2 fully saturated rings. The SMILES string of the molecule is COc1ccc(C2(CN=C(N)N3CCOCC3)CCCCC2)cc1. The lowest BCUT2D eigenvalue weighted by molar-refractivity contribution is 0.0673. The molecule has 0 unspecified atom stereocenters. The first-order chi connectivity index (χ1) is 11.7. The van der Waals surface area contributed by atoms with Gasteiger partial charge in [-0.2, -0.15) is 0 Å². The van der Waals surface area contributed by atoms with Crippen LogP contribution in [-0.2, 0) is 10.2 Å². The van der Waals surface area contributed by atoms with Crippen LogP contribution in [0.2, 0.25) is 0 Å². The van der Waals surface area contributed by atoms with Crippen LogP contribution in [0.15, 0.2) is 29.3 Å². The van der Waals surface area contributed by atoms with Gasteiger partial charge in [-0.15, -0.1) is 0 Å². The van der Waals surface area contributed by atoms with E-state index in [-0.39, 0.29) is 5.41 Å². The summed E-state index contributed by atoms with van der Waals surface area (Å²) in [6.07, 6.45) is 6.21. The lowest BCUT2D eigenvalue weighted by Gasteiger charge is -2.37. The number of hydrogen-bond acceptors (Lipinski definition) is 3. The van der Waals surface area contributed by atoms with Crippen molar-refractivity contribution in [2.75, 3.05) is 40.0 Å². The van der Waals surface area contributed by atoms with E-state index in [9.17, 15) is 0 Å². The lowest BCUT2D eigenvalue weighted by Crippen LogP contribution is -2.45. The molecule has 2 aliphatic rings. The molecule has 5 nitrogen and oxygen atoms in total. The van der Waals surface area contributed by atoms with Gasteiger partial charge in [-0.05, 0) is 30.5 Å². The van der Waals surface area contributed by atoms with E-state index >= 15 is 0 Å². The smallest absolute Gasteiger partial charge is 0.191 e. The van der Waals surface area contributed by atoms with E-state index in [1.807, 2.05) is 0 Å². The molecular weight excluding hydrogens is 302 g/mol. The molecule has 1 aromatic rings. The average molecular weight is 331 g/mol. The summed E-state index contributed by atoms with van der Waals surface area (Å²) >= 11 is 0. The molecule has 1 aromatic carbocycles. The van der Waals surface area contributed by atoms with E-state index in [2.05, 4.69) is 29.2 Å². The molecule has 24 heavy (non-hydrogen) atoms. The monoisotopic (exact) mass is 331 g/mol. The Labute approximate surface area is 144 Å². The van der Waals surface area contributed by atoms with Gasteiger partial charge < -0.3 is 20.1 Å². The van der Waals surface area contributed by atoms with Crippen molar-refractivity contribution in [3.05, 3.63) is 29.8 Å². The third-order valence-corrected chi connectivity index (χ3v) is 5.39.